The van der Waals surface area contributed by atoms with Gasteiger partial charge in [0, 0.05) is 11.5 Å². The van der Waals surface area contributed by atoms with Crippen molar-refractivity contribution in [2.24, 2.45) is 11.8 Å². The third kappa shape index (κ3) is 5.85. The zero-order valence-electron chi connectivity index (χ0n) is 18.8. The van der Waals surface area contributed by atoms with Crippen LogP contribution < -0.4 is 0 Å². The minimum Gasteiger partial charge on any atom is -0.377 e. The van der Waals surface area contributed by atoms with E-state index in [4.69, 9.17) is 4.74 Å². The van der Waals surface area contributed by atoms with Crippen molar-refractivity contribution in [3.8, 4) is 0 Å². The fraction of sp³-hybridized carbons (Fsp3) is 0.481. The van der Waals surface area contributed by atoms with Crippen molar-refractivity contribution < 1.29 is 31.1 Å². The molecule has 0 N–H and O–H groups in total. The highest BCUT2D eigenvalue weighted by Crippen LogP contribution is 2.39. The van der Waals surface area contributed by atoms with E-state index in [9.17, 15) is 26.3 Å². The summed E-state index contributed by atoms with van der Waals surface area (Å²) in [5.74, 6) is -4.06. The molecule has 2 aromatic rings. The SMILES string of the molecule is FC(F)=C(F)c1ccc(C2CCC(C3CCC(CCc4cc(F)c(F)c(F)c4)CC3)OC2)cc1. The summed E-state index contributed by atoms with van der Waals surface area (Å²) >= 11 is 0. The van der Waals surface area contributed by atoms with Crippen LogP contribution in [0.4, 0.5) is 26.3 Å². The molecule has 2 atom stereocenters. The molecule has 0 spiro atoms. The van der Waals surface area contributed by atoms with Crippen molar-refractivity contribution in [2.45, 2.75) is 63.4 Å². The van der Waals surface area contributed by atoms with Gasteiger partial charge in [0.15, 0.2) is 23.3 Å². The van der Waals surface area contributed by atoms with Crippen LogP contribution in [-0.2, 0) is 11.2 Å². The standard InChI is InChI=1S/C27H28F6O/c28-22-13-17(14-23(29)26(22)31)2-1-16-3-5-19(6-4-16)24-12-11-21(15-34-24)18-7-9-20(10-8-18)25(30)27(32)33/h7-10,13-14,16,19,21,24H,1-6,11-12,15H2. The van der Waals surface area contributed by atoms with E-state index in [1.54, 1.807) is 12.1 Å². The molecule has 7 heteroatoms. The number of ether oxygens (including phenoxy) is 1. The molecule has 0 aromatic heterocycles. The number of benzene rings is 2. The molecule has 2 unspecified atom stereocenters. The predicted octanol–water partition coefficient (Wildman–Crippen LogP) is 8.34. The summed E-state index contributed by atoms with van der Waals surface area (Å²) in [7, 11) is 0. The van der Waals surface area contributed by atoms with Gasteiger partial charge in [0.05, 0.1) is 12.7 Å². The molecule has 1 aliphatic carbocycles. The lowest BCUT2D eigenvalue weighted by molar-refractivity contribution is -0.0435. The van der Waals surface area contributed by atoms with Crippen LogP contribution in [-0.4, -0.2) is 12.7 Å². The number of hydrogen-bond acceptors (Lipinski definition) is 1. The maximum absolute atomic E-state index is 13.4. The van der Waals surface area contributed by atoms with E-state index in [2.05, 4.69) is 0 Å². The second kappa shape index (κ2) is 11.0. The van der Waals surface area contributed by atoms with Gasteiger partial charge in [-0.3, -0.25) is 0 Å². The minimum atomic E-state index is -2.32. The van der Waals surface area contributed by atoms with Gasteiger partial charge in [-0.05, 0) is 73.6 Å². The first-order valence-electron chi connectivity index (χ1n) is 11.9. The van der Waals surface area contributed by atoms with E-state index >= 15 is 0 Å². The van der Waals surface area contributed by atoms with Gasteiger partial charge in [0.1, 0.15) is 0 Å². The van der Waals surface area contributed by atoms with Crippen LogP contribution >= 0.6 is 0 Å². The van der Waals surface area contributed by atoms with Gasteiger partial charge in [-0.2, -0.15) is 8.78 Å². The molecule has 1 saturated heterocycles. The van der Waals surface area contributed by atoms with Gasteiger partial charge in [-0.15, -0.1) is 0 Å². The quantitative estimate of drug-likeness (QED) is 0.297. The van der Waals surface area contributed by atoms with Crippen LogP contribution in [0.2, 0.25) is 0 Å². The fourth-order valence-electron chi connectivity index (χ4n) is 5.39. The van der Waals surface area contributed by atoms with Crippen LogP contribution in [0.25, 0.3) is 5.83 Å². The summed E-state index contributed by atoms with van der Waals surface area (Å²) in [5, 5.41) is 0. The van der Waals surface area contributed by atoms with Crippen molar-refractivity contribution in [1.29, 1.82) is 0 Å². The van der Waals surface area contributed by atoms with Gasteiger partial charge >= 0.3 is 6.08 Å². The molecule has 1 heterocycles. The average molecular weight is 483 g/mol. The predicted molar refractivity (Wildman–Crippen MR) is 118 cm³/mol. The number of aryl methyl sites for hydroxylation is 1. The fourth-order valence-corrected chi connectivity index (χ4v) is 5.39. The Morgan fingerprint density at radius 2 is 1.47 bits per heavy atom. The molecule has 0 bridgehead atoms. The second-order valence-corrected chi connectivity index (χ2v) is 9.54. The molecule has 0 radical (unpaired) electrons. The normalized spacial score (nSPS) is 25.2. The van der Waals surface area contributed by atoms with Crippen LogP contribution in [0.15, 0.2) is 42.5 Å². The second-order valence-electron chi connectivity index (χ2n) is 9.54. The van der Waals surface area contributed by atoms with E-state index in [-0.39, 0.29) is 17.6 Å². The van der Waals surface area contributed by atoms with E-state index in [0.717, 1.165) is 62.6 Å². The smallest absolute Gasteiger partial charge is 0.306 e. The molecule has 184 valence electrons. The Morgan fingerprint density at radius 1 is 0.824 bits per heavy atom. The summed E-state index contributed by atoms with van der Waals surface area (Å²) in [6.45, 7) is 0.557. The van der Waals surface area contributed by atoms with E-state index in [0.29, 0.717) is 30.4 Å². The topological polar surface area (TPSA) is 9.23 Å². The molecular weight excluding hydrogens is 454 g/mol. The summed E-state index contributed by atoms with van der Waals surface area (Å²) in [5.41, 5.74) is 1.33. The average Bonchev–Trinajstić information content (AvgIpc) is 2.86. The minimum absolute atomic E-state index is 0.121. The van der Waals surface area contributed by atoms with Gasteiger partial charge in [-0.1, -0.05) is 37.1 Å². The monoisotopic (exact) mass is 482 g/mol. The van der Waals surface area contributed by atoms with E-state index in [1.165, 1.54) is 12.1 Å². The lowest BCUT2D eigenvalue weighted by Gasteiger charge is -2.38. The molecular formula is C27H28F6O. The molecule has 0 amide bonds. The Hall–Kier alpha value is -2.28. The zero-order valence-corrected chi connectivity index (χ0v) is 18.8. The van der Waals surface area contributed by atoms with Crippen LogP contribution in [0.3, 0.4) is 0 Å². The Labute approximate surface area is 195 Å². The van der Waals surface area contributed by atoms with E-state index in [1.807, 2.05) is 0 Å². The van der Waals surface area contributed by atoms with E-state index < -0.39 is 29.4 Å². The maximum Gasteiger partial charge on any atom is 0.306 e. The van der Waals surface area contributed by atoms with Gasteiger partial charge in [-0.25, -0.2) is 17.6 Å². The molecule has 1 saturated carbocycles. The van der Waals surface area contributed by atoms with Gasteiger partial charge < -0.3 is 4.74 Å². The molecule has 2 aliphatic rings. The van der Waals surface area contributed by atoms with Crippen molar-refractivity contribution in [2.75, 3.05) is 6.61 Å². The molecule has 4 rings (SSSR count). The number of halogens is 6. The third-order valence-electron chi connectivity index (χ3n) is 7.41. The summed E-state index contributed by atoms with van der Waals surface area (Å²) in [6.07, 6.45) is 5.23. The highest BCUT2D eigenvalue weighted by Gasteiger charge is 2.32. The first-order valence-corrected chi connectivity index (χ1v) is 11.9. The Bertz CT molecular complexity index is 975. The third-order valence-corrected chi connectivity index (χ3v) is 7.41. The summed E-state index contributed by atoms with van der Waals surface area (Å²) < 4.78 is 84.3. The first kappa shape index (κ1) is 24.8. The molecule has 2 fully saturated rings. The summed E-state index contributed by atoms with van der Waals surface area (Å²) in [4.78, 5) is 0. The van der Waals surface area contributed by atoms with Crippen LogP contribution in [0.1, 0.15) is 67.6 Å². The largest absolute Gasteiger partial charge is 0.377 e. The van der Waals surface area contributed by atoms with Crippen LogP contribution in [0, 0.1) is 29.3 Å². The van der Waals surface area contributed by atoms with Gasteiger partial charge in [0.2, 0.25) is 0 Å². The Morgan fingerprint density at radius 3 is 2.03 bits per heavy atom. The van der Waals surface area contributed by atoms with Crippen LogP contribution in [0.5, 0.6) is 0 Å². The highest BCUT2D eigenvalue weighted by atomic mass is 19.3. The lowest BCUT2D eigenvalue weighted by atomic mass is 9.75. The van der Waals surface area contributed by atoms with Gasteiger partial charge in [0.25, 0.3) is 0 Å². The van der Waals surface area contributed by atoms with Crippen molar-refractivity contribution in [3.05, 3.63) is 76.6 Å². The summed E-state index contributed by atoms with van der Waals surface area (Å²) in [6, 6.07) is 8.30. The lowest BCUT2D eigenvalue weighted by Crippen LogP contribution is -2.33. The van der Waals surface area contributed by atoms with Crippen molar-refractivity contribution >= 4 is 5.83 Å². The Balaban J connectivity index is 1.21. The zero-order chi connectivity index (χ0) is 24.2. The highest BCUT2D eigenvalue weighted by molar-refractivity contribution is 5.59. The molecule has 1 nitrogen and oxygen atoms in total. The number of hydrogen-bond donors (Lipinski definition) is 0. The molecule has 34 heavy (non-hydrogen) atoms. The molecule has 1 aliphatic heterocycles. The maximum atomic E-state index is 13.4. The number of rotatable bonds is 6. The van der Waals surface area contributed by atoms with Crippen molar-refractivity contribution in [3.63, 3.8) is 0 Å². The Kier molecular flexibility index (Phi) is 8.02. The molecule has 2 aromatic carbocycles. The van der Waals surface area contributed by atoms with Crippen molar-refractivity contribution in [1.82, 2.24) is 0 Å². The first-order chi connectivity index (χ1) is 16.3.